The zero-order valence-corrected chi connectivity index (χ0v) is 14.4. The number of para-hydroxylation sites is 2. The first-order valence-corrected chi connectivity index (χ1v) is 8.84. The van der Waals surface area contributed by atoms with Gasteiger partial charge >= 0.3 is 0 Å². The molecule has 0 N–H and O–H groups in total. The van der Waals surface area contributed by atoms with Gasteiger partial charge in [-0.15, -0.1) is 0 Å². The fourth-order valence-electron chi connectivity index (χ4n) is 4.47. The summed E-state index contributed by atoms with van der Waals surface area (Å²) >= 11 is 0. The molecule has 2 bridgehead atoms. The standard InChI is InChI=1S/C21H20N2O2/c1-3-23-17-11-7-4-8-13(17)15-12-18(23)25-20-14-9-5-6-10-16(14)22(2)21(24)19(15)20/h4-11,15,18H,3,12H2,1-2H3/t15-,18+/m0/s1. The van der Waals surface area contributed by atoms with Crippen molar-refractivity contribution in [2.75, 3.05) is 11.4 Å². The molecule has 0 amide bonds. The van der Waals surface area contributed by atoms with E-state index < -0.39 is 0 Å². The lowest BCUT2D eigenvalue weighted by Gasteiger charge is -2.45. The zero-order valence-electron chi connectivity index (χ0n) is 14.4. The third-order valence-electron chi connectivity index (χ3n) is 5.64. The Balaban J connectivity index is 1.87. The van der Waals surface area contributed by atoms with Crippen LogP contribution in [0.1, 0.15) is 30.4 Å². The van der Waals surface area contributed by atoms with Gasteiger partial charge in [0.2, 0.25) is 0 Å². The Kier molecular flexibility index (Phi) is 2.99. The van der Waals surface area contributed by atoms with Crippen molar-refractivity contribution in [1.82, 2.24) is 4.57 Å². The van der Waals surface area contributed by atoms with Crippen LogP contribution in [0.15, 0.2) is 53.3 Å². The molecule has 0 fully saturated rings. The molecule has 1 aromatic heterocycles. The molecule has 0 saturated carbocycles. The van der Waals surface area contributed by atoms with Crippen molar-refractivity contribution in [1.29, 1.82) is 0 Å². The maximum Gasteiger partial charge on any atom is 0.258 e. The molecule has 2 aliphatic heterocycles. The molecule has 4 heteroatoms. The molecule has 5 rings (SSSR count). The van der Waals surface area contributed by atoms with Crippen LogP contribution in [-0.2, 0) is 7.05 Å². The molecule has 3 aromatic rings. The minimum absolute atomic E-state index is 0.0205. The fourth-order valence-corrected chi connectivity index (χ4v) is 4.47. The number of nitrogens with zero attached hydrogens (tertiary/aromatic N) is 2. The molecule has 2 atom stereocenters. The van der Waals surface area contributed by atoms with Gasteiger partial charge in [-0.2, -0.15) is 0 Å². The molecule has 2 aromatic carbocycles. The third-order valence-corrected chi connectivity index (χ3v) is 5.64. The number of aromatic nitrogens is 1. The average Bonchev–Trinajstić information content (AvgIpc) is 2.66. The molecule has 0 spiro atoms. The van der Waals surface area contributed by atoms with Crippen molar-refractivity contribution in [3.05, 3.63) is 70.0 Å². The summed E-state index contributed by atoms with van der Waals surface area (Å²) in [5, 5.41) is 1.02. The van der Waals surface area contributed by atoms with Crippen LogP contribution in [0.4, 0.5) is 5.69 Å². The van der Waals surface area contributed by atoms with Gasteiger partial charge in [0.1, 0.15) is 5.75 Å². The number of hydrogen-bond acceptors (Lipinski definition) is 3. The fraction of sp³-hybridized carbons (Fsp3) is 0.286. The second-order valence-corrected chi connectivity index (χ2v) is 6.83. The molecular weight excluding hydrogens is 312 g/mol. The van der Waals surface area contributed by atoms with Gasteiger partial charge in [0.15, 0.2) is 6.23 Å². The van der Waals surface area contributed by atoms with Gasteiger partial charge in [-0.3, -0.25) is 4.79 Å². The summed E-state index contributed by atoms with van der Waals surface area (Å²) in [6.45, 7) is 3.03. The van der Waals surface area contributed by atoms with Crippen LogP contribution in [0, 0.1) is 0 Å². The Morgan fingerprint density at radius 1 is 1.12 bits per heavy atom. The maximum atomic E-state index is 13.2. The molecule has 4 nitrogen and oxygen atoms in total. The van der Waals surface area contributed by atoms with Crippen molar-refractivity contribution < 1.29 is 4.74 Å². The van der Waals surface area contributed by atoms with Gasteiger partial charge in [0.05, 0.1) is 11.1 Å². The molecule has 0 aliphatic carbocycles. The molecule has 2 aliphatic rings. The van der Waals surface area contributed by atoms with Gasteiger partial charge < -0.3 is 14.2 Å². The SMILES string of the molecule is CCN1c2ccccc2[C@@H]2C[C@H]1Oc1c2c(=O)n(C)c2ccccc12. The predicted molar refractivity (Wildman–Crippen MR) is 99.5 cm³/mol. The summed E-state index contributed by atoms with van der Waals surface area (Å²) in [6, 6.07) is 16.4. The highest BCUT2D eigenvalue weighted by atomic mass is 16.5. The van der Waals surface area contributed by atoms with Crippen LogP contribution in [0.25, 0.3) is 10.9 Å². The second-order valence-electron chi connectivity index (χ2n) is 6.83. The quantitative estimate of drug-likeness (QED) is 0.683. The first-order valence-electron chi connectivity index (χ1n) is 8.84. The van der Waals surface area contributed by atoms with E-state index in [2.05, 4.69) is 42.2 Å². The maximum absolute atomic E-state index is 13.2. The molecule has 25 heavy (non-hydrogen) atoms. The average molecular weight is 332 g/mol. The Labute approximate surface area is 146 Å². The number of ether oxygens (including phenoxy) is 1. The Morgan fingerprint density at radius 2 is 1.88 bits per heavy atom. The van der Waals surface area contributed by atoms with Crippen LogP contribution < -0.4 is 15.2 Å². The van der Waals surface area contributed by atoms with Gasteiger partial charge in [0.25, 0.3) is 5.56 Å². The molecule has 0 saturated heterocycles. The number of fused-ring (bicyclic) bond motifs is 8. The smallest absolute Gasteiger partial charge is 0.258 e. The number of pyridine rings is 1. The van der Waals surface area contributed by atoms with Gasteiger partial charge in [0, 0.05) is 37.0 Å². The van der Waals surface area contributed by atoms with E-state index in [0.717, 1.165) is 35.2 Å². The number of rotatable bonds is 1. The Hall–Kier alpha value is -2.75. The van der Waals surface area contributed by atoms with E-state index in [9.17, 15) is 4.79 Å². The van der Waals surface area contributed by atoms with Crippen molar-refractivity contribution in [3.63, 3.8) is 0 Å². The third kappa shape index (κ3) is 1.85. The summed E-state index contributed by atoms with van der Waals surface area (Å²) < 4.78 is 8.18. The van der Waals surface area contributed by atoms with E-state index in [0.29, 0.717) is 0 Å². The Bertz CT molecular complexity index is 1050. The van der Waals surface area contributed by atoms with Gasteiger partial charge in [-0.05, 0) is 30.7 Å². The van der Waals surface area contributed by atoms with Gasteiger partial charge in [-0.1, -0.05) is 30.3 Å². The van der Waals surface area contributed by atoms with Crippen LogP contribution in [0.5, 0.6) is 5.75 Å². The van der Waals surface area contributed by atoms with Crippen molar-refractivity contribution in [2.45, 2.75) is 25.5 Å². The minimum atomic E-state index is -0.0205. The van der Waals surface area contributed by atoms with E-state index >= 15 is 0 Å². The first-order chi connectivity index (χ1) is 12.2. The summed E-state index contributed by atoms with van der Waals surface area (Å²) in [5.74, 6) is 0.865. The van der Waals surface area contributed by atoms with E-state index in [1.807, 2.05) is 25.2 Å². The normalized spacial score (nSPS) is 20.8. The summed E-state index contributed by atoms with van der Waals surface area (Å²) in [7, 11) is 1.85. The van der Waals surface area contributed by atoms with Crippen LogP contribution in [0.2, 0.25) is 0 Å². The topological polar surface area (TPSA) is 34.5 Å². The number of hydrogen-bond donors (Lipinski definition) is 0. The molecule has 3 heterocycles. The van der Waals surface area contributed by atoms with E-state index in [-0.39, 0.29) is 17.7 Å². The lowest BCUT2D eigenvalue weighted by atomic mass is 9.81. The van der Waals surface area contributed by atoms with Crippen molar-refractivity contribution in [2.24, 2.45) is 7.05 Å². The highest BCUT2D eigenvalue weighted by molar-refractivity contribution is 5.87. The monoisotopic (exact) mass is 332 g/mol. The minimum Gasteiger partial charge on any atom is -0.469 e. The van der Waals surface area contributed by atoms with E-state index in [1.165, 1.54) is 11.3 Å². The highest BCUT2D eigenvalue weighted by Gasteiger charge is 2.41. The first kappa shape index (κ1) is 14.6. The molecule has 0 radical (unpaired) electrons. The number of anilines is 1. The van der Waals surface area contributed by atoms with Crippen molar-refractivity contribution in [3.8, 4) is 5.75 Å². The number of benzene rings is 2. The van der Waals surface area contributed by atoms with Crippen LogP contribution >= 0.6 is 0 Å². The van der Waals surface area contributed by atoms with Crippen molar-refractivity contribution >= 4 is 16.6 Å². The van der Waals surface area contributed by atoms with Gasteiger partial charge in [-0.25, -0.2) is 0 Å². The lowest BCUT2D eigenvalue weighted by Crippen LogP contribution is -2.48. The second kappa shape index (κ2) is 5.12. The molecule has 126 valence electrons. The number of aryl methyl sites for hydroxylation is 1. The van der Waals surface area contributed by atoms with Crippen LogP contribution in [0.3, 0.4) is 0 Å². The Morgan fingerprint density at radius 3 is 2.72 bits per heavy atom. The van der Waals surface area contributed by atoms with E-state index in [1.54, 1.807) is 4.57 Å². The van der Waals surface area contributed by atoms with E-state index in [4.69, 9.17) is 4.74 Å². The highest BCUT2D eigenvalue weighted by Crippen LogP contribution is 2.49. The predicted octanol–water partition coefficient (Wildman–Crippen LogP) is 3.62. The largest absolute Gasteiger partial charge is 0.469 e. The summed E-state index contributed by atoms with van der Waals surface area (Å²) in [6.07, 6.45) is 0.804. The lowest BCUT2D eigenvalue weighted by molar-refractivity contribution is 0.154. The summed E-state index contributed by atoms with van der Waals surface area (Å²) in [4.78, 5) is 15.5. The molecular formula is C21H20N2O2. The van der Waals surface area contributed by atoms with Crippen LogP contribution in [-0.4, -0.2) is 17.3 Å². The summed E-state index contributed by atoms with van der Waals surface area (Å²) in [5.41, 5.74) is 4.20. The molecule has 0 unspecified atom stereocenters. The zero-order chi connectivity index (χ0) is 17.1.